The molecule has 1 N–H and O–H groups in total. The molecule has 1 saturated heterocycles. The number of ketones is 1. The van der Waals surface area contributed by atoms with Crippen LogP contribution in [0.15, 0.2) is 59.1 Å². The van der Waals surface area contributed by atoms with Gasteiger partial charge in [-0.15, -0.1) is 0 Å². The van der Waals surface area contributed by atoms with Gasteiger partial charge in [0.2, 0.25) is 0 Å². The van der Waals surface area contributed by atoms with E-state index in [1.165, 1.54) is 6.07 Å². The van der Waals surface area contributed by atoms with E-state index in [0.29, 0.717) is 54.3 Å². The van der Waals surface area contributed by atoms with Gasteiger partial charge in [0, 0.05) is 49.5 Å². The summed E-state index contributed by atoms with van der Waals surface area (Å²) in [6.45, 7) is 4.47. The Morgan fingerprint density at radius 2 is 1.65 bits per heavy atom. The van der Waals surface area contributed by atoms with Crippen LogP contribution < -0.4 is 15.1 Å². The van der Waals surface area contributed by atoms with E-state index in [1.54, 1.807) is 6.07 Å². The van der Waals surface area contributed by atoms with Crippen LogP contribution >= 0.6 is 0 Å². The minimum absolute atomic E-state index is 0.0117. The number of hydrogen-bond donors (Lipinski definition) is 1. The summed E-state index contributed by atoms with van der Waals surface area (Å²) in [6, 6.07) is 16.5. The van der Waals surface area contributed by atoms with Crippen molar-refractivity contribution in [3.05, 3.63) is 71.5 Å². The average molecular weight is 500 g/mol. The molecule has 1 aromatic heterocycles. The van der Waals surface area contributed by atoms with Crippen molar-refractivity contribution in [2.45, 2.75) is 6.42 Å². The molecule has 1 aliphatic carbocycles. The van der Waals surface area contributed by atoms with Crippen LogP contribution in [0, 0.1) is 5.82 Å². The van der Waals surface area contributed by atoms with Crippen LogP contribution in [0.1, 0.15) is 22.3 Å². The van der Waals surface area contributed by atoms with Gasteiger partial charge >= 0.3 is 0 Å². The fraction of sp³-hybridized carbons (Fsp3) is 0.310. The third-order valence-corrected chi connectivity index (χ3v) is 7.29. The molecule has 4 aromatic rings. The van der Waals surface area contributed by atoms with Crippen molar-refractivity contribution in [3.8, 4) is 11.3 Å². The lowest BCUT2D eigenvalue weighted by Gasteiger charge is -2.37. The van der Waals surface area contributed by atoms with Crippen molar-refractivity contribution in [1.82, 2.24) is 10.1 Å². The first-order valence-corrected chi connectivity index (χ1v) is 12.8. The molecule has 0 unspecified atom stereocenters. The second-order valence-corrected chi connectivity index (χ2v) is 9.94. The summed E-state index contributed by atoms with van der Waals surface area (Å²) < 4.78 is 20.3. The minimum atomic E-state index is -0.202. The van der Waals surface area contributed by atoms with Crippen molar-refractivity contribution >= 4 is 33.7 Å². The van der Waals surface area contributed by atoms with Crippen LogP contribution in [0.2, 0.25) is 0 Å². The van der Waals surface area contributed by atoms with E-state index in [9.17, 15) is 9.18 Å². The number of rotatable bonds is 7. The molecule has 0 saturated carbocycles. The molecule has 0 bridgehead atoms. The average Bonchev–Trinajstić information content (AvgIpc) is 3.35. The van der Waals surface area contributed by atoms with Crippen LogP contribution in [0.3, 0.4) is 0 Å². The summed E-state index contributed by atoms with van der Waals surface area (Å²) in [5.74, 6) is 0.429. The normalized spacial score (nSPS) is 15.0. The molecule has 7 nitrogen and oxygen atoms in total. The van der Waals surface area contributed by atoms with Crippen molar-refractivity contribution in [2.24, 2.45) is 0 Å². The van der Waals surface area contributed by atoms with Crippen LogP contribution in [0.25, 0.3) is 22.2 Å². The number of halogens is 1. The Bertz CT molecular complexity index is 1470. The highest BCUT2D eigenvalue weighted by molar-refractivity contribution is 6.28. The highest BCUT2D eigenvalue weighted by Crippen LogP contribution is 2.46. The Hall–Kier alpha value is -3.91. The van der Waals surface area contributed by atoms with E-state index >= 15 is 0 Å². The van der Waals surface area contributed by atoms with Gasteiger partial charge in [0.25, 0.3) is 0 Å². The molecule has 2 heterocycles. The van der Waals surface area contributed by atoms with Gasteiger partial charge in [-0.1, -0.05) is 41.6 Å². The van der Waals surface area contributed by atoms with Crippen molar-refractivity contribution in [3.63, 3.8) is 0 Å². The van der Waals surface area contributed by atoms with Gasteiger partial charge in [0.05, 0.1) is 22.3 Å². The fourth-order valence-electron chi connectivity index (χ4n) is 5.44. The van der Waals surface area contributed by atoms with Crippen LogP contribution in [0.4, 0.5) is 21.5 Å². The van der Waals surface area contributed by atoms with Crippen molar-refractivity contribution in [2.75, 3.05) is 68.5 Å². The molecule has 0 radical (unpaired) electrons. The summed E-state index contributed by atoms with van der Waals surface area (Å²) in [5.41, 5.74) is 5.12. The monoisotopic (exact) mass is 499 g/mol. The lowest BCUT2D eigenvalue weighted by Crippen LogP contribution is -2.47. The number of nitrogens with one attached hydrogen (secondary N) is 1. The highest BCUT2D eigenvalue weighted by Gasteiger charge is 2.34. The van der Waals surface area contributed by atoms with Gasteiger partial charge in [-0.2, -0.15) is 0 Å². The molecular weight excluding hydrogens is 469 g/mol. The van der Waals surface area contributed by atoms with Crippen LogP contribution in [-0.4, -0.2) is 69.2 Å². The molecule has 6 rings (SSSR count). The molecule has 37 heavy (non-hydrogen) atoms. The van der Waals surface area contributed by atoms with Gasteiger partial charge in [-0.05, 0) is 45.3 Å². The molecule has 8 heteroatoms. The zero-order valence-electron chi connectivity index (χ0n) is 21.1. The number of carbonyl (C=O) groups excluding carboxylic acids is 1. The number of anilines is 3. The minimum Gasteiger partial charge on any atom is -0.384 e. The molecule has 0 atom stereocenters. The number of piperazine rings is 1. The molecule has 0 spiro atoms. The number of nitrogens with zero attached hydrogens (tertiary/aromatic N) is 4. The lowest BCUT2D eigenvalue weighted by atomic mass is 9.86. The summed E-state index contributed by atoms with van der Waals surface area (Å²) >= 11 is 0. The molecule has 3 aromatic carbocycles. The predicted molar refractivity (Wildman–Crippen MR) is 145 cm³/mol. The smallest absolute Gasteiger partial charge is 0.196 e. The predicted octanol–water partition coefficient (Wildman–Crippen LogP) is 4.87. The fourth-order valence-corrected chi connectivity index (χ4v) is 5.44. The number of aromatic nitrogens is 1. The van der Waals surface area contributed by atoms with Gasteiger partial charge in [-0.3, -0.25) is 4.79 Å². The standard InChI is InChI=1S/C29H30FN5O2/c1-33(2)13-7-12-31-22-18-24(35-16-14-34(15-17-35)23-11-6-5-10-21(23)30)27-26-25(22)28(36)19-8-3-4-9-20(19)29(26)37-32-27/h3-6,8-11,18,31H,7,12-17H2,1-2H3. The molecule has 1 aliphatic heterocycles. The van der Waals surface area contributed by atoms with Gasteiger partial charge in [0.15, 0.2) is 11.5 Å². The summed E-state index contributed by atoms with van der Waals surface area (Å²) in [5, 5.41) is 8.79. The first kappa shape index (κ1) is 23.5. The number of para-hydroxylation sites is 1. The Kier molecular flexibility index (Phi) is 6.04. The number of hydrogen-bond acceptors (Lipinski definition) is 7. The lowest BCUT2D eigenvalue weighted by molar-refractivity contribution is 0.104. The van der Waals surface area contributed by atoms with Gasteiger partial charge in [-0.25, -0.2) is 4.39 Å². The van der Waals surface area contributed by atoms with E-state index < -0.39 is 0 Å². The maximum atomic E-state index is 14.4. The van der Waals surface area contributed by atoms with Crippen molar-refractivity contribution < 1.29 is 13.7 Å². The SMILES string of the molecule is CN(C)CCCNc1cc(N2CCN(c3ccccc3F)CC2)c2noc3c2c1C(=O)c1ccccc1-3. The summed E-state index contributed by atoms with van der Waals surface area (Å²) in [6.07, 6.45) is 0.947. The largest absolute Gasteiger partial charge is 0.384 e. The highest BCUT2D eigenvalue weighted by atomic mass is 19.1. The van der Waals surface area contributed by atoms with E-state index in [0.717, 1.165) is 41.8 Å². The topological polar surface area (TPSA) is 64.8 Å². The van der Waals surface area contributed by atoms with Crippen molar-refractivity contribution in [1.29, 1.82) is 0 Å². The zero-order valence-corrected chi connectivity index (χ0v) is 21.1. The number of benzene rings is 3. The summed E-state index contributed by atoms with van der Waals surface area (Å²) in [4.78, 5) is 20.2. The molecule has 2 aliphatic rings. The molecule has 1 fully saturated rings. The van der Waals surface area contributed by atoms with E-state index in [2.05, 4.69) is 39.3 Å². The molecular formula is C29H30FN5O2. The number of carbonyl (C=O) groups is 1. The maximum absolute atomic E-state index is 14.4. The first-order chi connectivity index (χ1) is 18.0. The molecule has 0 amide bonds. The molecule has 190 valence electrons. The van der Waals surface area contributed by atoms with Crippen LogP contribution in [-0.2, 0) is 0 Å². The Balaban J connectivity index is 1.38. The van der Waals surface area contributed by atoms with E-state index in [1.807, 2.05) is 42.5 Å². The first-order valence-electron chi connectivity index (χ1n) is 12.8. The number of fused-ring (bicyclic) bond motifs is 2. The van der Waals surface area contributed by atoms with E-state index in [4.69, 9.17) is 4.52 Å². The Morgan fingerprint density at radius 1 is 0.973 bits per heavy atom. The van der Waals surface area contributed by atoms with Gasteiger partial charge < -0.3 is 24.5 Å². The van der Waals surface area contributed by atoms with E-state index in [-0.39, 0.29) is 11.6 Å². The Morgan fingerprint density at radius 3 is 2.38 bits per heavy atom. The van der Waals surface area contributed by atoms with Gasteiger partial charge in [0.1, 0.15) is 11.3 Å². The zero-order chi connectivity index (χ0) is 25.5. The third kappa shape index (κ3) is 4.11. The summed E-state index contributed by atoms with van der Waals surface area (Å²) in [7, 11) is 4.11. The maximum Gasteiger partial charge on any atom is 0.196 e. The third-order valence-electron chi connectivity index (χ3n) is 7.29. The quantitative estimate of drug-likeness (QED) is 0.321. The second-order valence-electron chi connectivity index (χ2n) is 9.94. The second kappa shape index (κ2) is 9.52. The van der Waals surface area contributed by atoms with Crippen LogP contribution in [0.5, 0.6) is 0 Å². The Labute approximate surface area is 215 Å².